The Balaban J connectivity index is 1.51. The molecule has 5 N–H and O–H groups in total. The Hall–Kier alpha value is -4.47. The van der Waals surface area contributed by atoms with Crippen molar-refractivity contribution in [3.8, 4) is 11.1 Å². The predicted molar refractivity (Wildman–Crippen MR) is 119 cm³/mol. The van der Waals surface area contributed by atoms with Gasteiger partial charge in [-0.15, -0.1) is 0 Å². The number of carbonyl (C=O) groups is 1. The number of hydrogen-bond donors (Lipinski definition) is 4. The monoisotopic (exact) mass is 431 g/mol. The number of nitrogens with zero attached hydrogens (tertiary/aromatic N) is 3. The normalized spacial score (nSPS) is 11.8. The summed E-state index contributed by atoms with van der Waals surface area (Å²) in [5.74, 6) is -0.645. The number of carbonyl (C=O) groups excluding carboxylic acids is 1. The largest absolute Gasteiger partial charge is 0.392 e. The van der Waals surface area contributed by atoms with Crippen LogP contribution in [0.4, 0.5) is 5.69 Å². The fraction of sp³-hybridized carbons (Fsp3) is 0.136. The minimum absolute atomic E-state index is 0.265. The Labute approximate surface area is 182 Å². The third-order valence-corrected chi connectivity index (χ3v) is 5.00. The van der Waals surface area contributed by atoms with Gasteiger partial charge in [0.1, 0.15) is 11.4 Å². The van der Waals surface area contributed by atoms with Crippen LogP contribution in [0, 0.1) is 0 Å². The first-order valence-electron chi connectivity index (χ1n) is 9.85. The zero-order chi connectivity index (χ0) is 22.7. The SMILES string of the molecule is CC(NC(=O)c1[nH]c(=O)[nH]c(=O)c1N)c1cccc(-c2cnn(Cc3ccncc3)c2)c1. The molecule has 10 heteroatoms. The van der Waals surface area contributed by atoms with E-state index in [1.807, 2.05) is 52.3 Å². The number of nitrogen functional groups attached to an aromatic ring is 1. The molecule has 3 heterocycles. The molecular weight excluding hydrogens is 410 g/mol. The summed E-state index contributed by atoms with van der Waals surface area (Å²) in [5, 5.41) is 7.18. The minimum atomic E-state index is -0.808. The molecule has 0 saturated carbocycles. The molecule has 10 nitrogen and oxygen atoms in total. The van der Waals surface area contributed by atoms with Gasteiger partial charge in [0.15, 0.2) is 0 Å². The number of hydrogen-bond acceptors (Lipinski definition) is 6. The Kier molecular flexibility index (Phi) is 5.67. The summed E-state index contributed by atoms with van der Waals surface area (Å²) in [7, 11) is 0. The zero-order valence-electron chi connectivity index (χ0n) is 17.2. The van der Waals surface area contributed by atoms with Gasteiger partial charge in [0.05, 0.1) is 18.8 Å². The van der Waals surface area contributed by atoms with Gasteiger partial charge in [-0.1, -0.05) is 18.2 Å². The number of anilines is 1. The molecule has 1 unspecified atom stereocenters. The van der Waals surface area contributed by atoms with Crippen molar-refractivity contribution in [3.05, 3.63) is 98.8 Å². The summed E-state index contributed by atoms with van der Waals surface area (Å²) in [4.78, 5) is 44.0. The van der Waals surface area contributed by atoms with Crippen LogP contribution in [0.1, 0.15) is 34.6 Å². The van der Waals surface area contributed by atoms with Gasteiger partial charge in [0, 0.05) is 24.2 Å². The van der Waals surface area contributed by atoms with Crippen LogP contribution in [0.5, 0.6) is 0 Å². The summed E-state index contributed by atoms with van der Waals surface area (Å²) in [6, 6.07) is 11.1. The van der Waals surface area contributed by atoms with Crippen LogP contribution in [0.2, 0.25) is 0 Å². The van der Waals surface area contributed by atoms with E-state index >= 15 is 0 Å². The summed E-state index contributed by atoms with van der Waals surface area (Å²) < 4.78 is 1.84. The number of aromatic nitrogens is 5. The third-order valence-electron chi connectivity index (χ3n) is 5.00. The number of nitrogens with two attached hydrogens (primary N) is 1. The quantitative estimate of drug-likeness (QED) is 0.363. The molecule has 0 aliphatic heterocycles. The van der Waals surface area contributed by atoms with Crippen LogP contribution in [-0.4, -0.2) is 30.6 Å². The highest BCUT2D eigenvalue weighted by molar-refractivity contribution is 5.97. The topological polar surface area (TPSA) is 152 Å². The first-order chi connectivity index (χ1) is 15.4. The summed E-state index contributed by atoms with van der Waals surface area (Å²) in [6.07, 6.45) is 7.22. The molecule has 1 aromatic carbocycles. The van der Waals surface area contributed by atoms with Gasteiger partial charge >= 0.3 is 5.69 Å². The van der Waals surface area contributed by atoms with E-state index in [1.165, 1.54) is 0 Å². The van der Waals surface area contributed by atoms with Crippen LogP contribution in [0.3, 0.4) is 0 Å². The molecule has 0 spiro atoms. The molecule has 0 saturated heterocycles. The molecule has 4 rings (SSSR count). The van der Waals surface area contributed by atoms with E-state index in [1.54, 1.807) is 25.5 Å². The summed E-state index contributed by atoms with van der Waals surface area (Å²) >= 11 is 0. The molecule has 162 valence electrons. The van der Waals surface area contributed by atoms with Gasteiger partial charge in [-0.2, -0.15) is 5.10 Å². The van der Waals surface area contributed by atoms with Crippen molar-refractivity contribution < 1.29 is 4.79 Å². The van der Waals surface area contributed by atoms with E-state index in [9.17, 15) is 14.4 Å². The molecule has 3 aromatic heterocycles. The van der Waals surface area contributed by atoms with Crippen molar-refractivity contribution in [2.24, 2.45) is 0 Å². The Morgan fingerprint density at radius 1 is 1.16 bits per heavy atom. The summed E-state index contributed by atoms with van der Waals surface area (Å²) in [5.41, 5.74) is 7.23. The lowest BCUT2D eigenvalue weighted by Gasteiger charge is -2.15. The fourth-order valence-corrected chi connectivity index (χ4v) is 3.29. The van der Waals surface area contributed by atoms with Gasteiger partial charge in [0.25, 0.3) is 11.5 Å². The molecular formula is C22H21N7O3. The van der Waals surface area contributed by atoms with E-state index < -0.39 is 23.2 Å². The van der Waals surface area contributed by atoms with Crippen LogP contribution in [0.15, 0.2) is 70.8 Å². The number of aromatic amines is 2. The highest BCUT2D eigenvalue weighted by Gasteiger charge is 2.17. The van der Waals surface area contributed by atoms with E-state index in [0.29, 0.717) is 6.54 Å². The zero-order valence-corrected chi connectivity index (χ0v) is 17.2. The van der Waals surface area contributed by atoms with Crippen molar-refractivity contribution in [2.45, 2.75) is 19.5 Å². The van der Waals surface area contributed by atoms with Gasteiger partial charge in [0.2, 0.25) is 0 Å². The number of benzene rings is 1. The predicted octanol–water partition coefficient (Wildman–Crippen LogP) is 1.44. The average Bonchev–Trinajstić information content (AvgIpc) is 3.25. The molecule has 1 amide bonds. The van der Waals surface area contributed by atoms with Crippen molar-refractivity contribution in [3.63, 3.8) is 0 Å². The number of nitrogens with one attached hydrogen (secondary N) is 3. The summed E-state index contributed by atoms with van der Waals surface area (Å²) in [6.45, 7) is 2.43. The first-order valence-corrected chi connectivity index (χ1v) is 9.85. The Bertz CT molecular complexity index is 1370. The van der Waals surface area contributed by atoms with Crippen molar-refractivity contribution >= 4 is 11.6 Å². The van der Waals surface area contributed by atoms with E-state index in [0.717, 1.165) is 22.3 Å². The van der Waals surface area contributed by atoms with Gasteiger partial charge in [-0.3, -0.25) is 24.2 Å². The van der Waals surface area contributed by atoms with E-state index in [-0.39, 0.29) is 11.4 Å². The lowest BCUT2D eigenvalue weighted by molar-refractivity contribution is 0.0935. The van der Waals surface area contributed by atoms with Crippen LogP contribution < -0.4 is 22.3 Å². The Morgan fingerprint density at radius 2 is 1.94 bits per heavy atom. The van der Waals surface area contributed by atoms with Gasteiger partial charge in [-0.25, -0.2) is 4.79 Å². The fourth-order valence-electron chi connectivity index (χ4n) is 3.29. The molecule has 1 atom stereocenters. The van der Waals surface area contributed by atoms with Gasteiger partial charge < -0.3 is 16.0 Å². The third kappa shape index (κ3) is 4.48. The van der Waals surface area contributed by atoms with E-state index in [4.69, 9.17) is 5.73 Å². The number of rotatable bonds is 6. The molecule has 0 aliphatic rings. The van der Waals surface area contributed by atoms with E-state index in [2.05, 4.69) is 20.4 Å². The number of amides is 1. The molecule has 0 bridgehead atoms. The molecule has 0 fully saturated rings. The lowest BCUT2D eigenvalue weighted by Crippen LogP contribution is -2.34. The number of pyridine rings is 1. The van der Waals surface area contributed by atoms with Crippen LogP contribution in [0.25, 0.3) is 11.1 Å². The highest BCUT2D eigenvalue weighted by atomic mass is 16.2. The smallest absolute Gasteiger partial charge is 0.326 e. The maximum atomic E-state index is 12.6. The standard InChI is InChI=1S/C22H21N7O3/c1-13(26-21(31)19-18(23)20(30)28-22(32)27-19)15-3-2-4-16(9-15)17-10-25-29(12-17)11-14-5-7-24-8-6-14/h2-10,12-13H,11,23H2,1H3,(H,26,31)(H2,27,28,30,32). The lowest BCUT2D eigenvalue weighted by atomic mass is 10.0. The highest BCUT2D eigenvalue weighted by Crippen LogP contribution is 2.23. The maximum absolute atomic E-state index is 12.6. The van der Waals surface area contributed by atoms with Crippen molar-refractivity contribution in [2.75, 3.05) is 5.73 Å². The molecule has 0 aliphatic carbocycles. The molecule has 0 radical (unpaired) electrons. The molecule has 32 heavy (non-hydrogen) atoms. The second kappa shape index (κ2) is 8.72. The maximum Gasteiger partial charge on any atom is 0.326 e. The van der Waals surface area contributed by atoms with Gasteiger partial charge in [-0.05, 0) is 41.8 Å². The second-order valence-corrected chi connectivity index (χ2v) is 7.30. The van der Waals surface area contributed by atoms with Crippen molar-refractivity contribution in [1.29, 1.82) is 0 Å². The second-order valence-electron chi connectivity index (χ2n) is 7.30. The first kappa shape index (κ1) is 20.8. The van der Waals surface area contributed by atoms with Crippen molar-refractivity contribution in [1.82, 2.24) is 30.0 Å². The minimum Gasteiger partial charge on any atom is -0.392 e. The average molecular weight is 431 g/mol. The van der Waals surface area contributed by atoms with Crippen LogP contribution in [-0.2, 0) is 6.54 Å². The Morgan fingerprint density at radius 3 is 2.72 bits per heavy atom. The molecule has 4 aromatic rings. The van der Waals surface area contributed by atoms with Crippen LogP contribution >= 0.6 is 0 Å². The number of H-pyrrole nitrogens is 2.